The zero-order valence-corrected chi connectivity index (χ0v) is 11.5. The van der Waals surface area contributed by atoms with Crippen molar-refractivity contribution in [3.63, 3.8) is 0 Å². The van der Waals surface area contributed by atoms with Crippen LogP contribution in [0.2, 0.25) is 0 Å². The fourth-order valence-corrected chi connectivity index (χ4v) is 2.31. The lowest BCUT2D eigenvalue weighted by Gasteiger charge is -2.41. The molecule has 106 valence electrons. The summed E-state index contributed by atoms with van der Waals surface area (Å²) in [6.45, 7) is 5.35. The smallest absolute Gasteiger partial charge is 0.331 e. The molecule has 0 aliphatic heterocycles. The van der Waals surface area contributed by atoms with Crippen LogP contribution in [-0.2, 0) is 19.9 Å². The van der Waals surface area contributed by atoms with Crippen molar-refractivity contribution in [1.29, 1.82) is 0 Å². The minimum atomic E-state index is -1.17. The zero-order chi connectivity index (χ0) is 14.8. The Labute approximate surface area is 118 Å². The van der Waals surface area contributed by atoms with Crippen LogP contribution in [0.5, 0.6) is 0 Å². The molecule has 20 heavy (non-hydrogen) atoms. The van der Waals surface area contributed by atoms with Crippen molar-refractivity contribution in [3.8, 4) is 0 Å². The molecule has 2 rings (SSSR count). The Morgan fingerprint density at radius 2 is 1.90 bits per heavy atom. The van der Waals surface area contributed by atoms with E-state index in [0.717, 1.165) is 30.4 Å². The summed E-state index contributed by atoms with van der Waals surface area (Å²) in [6, 6.07) is 7.90. The average molecular weight is 274 g/mol. The van der Waals surface area contributed by atoms with Gasteiger partial charge in [-0.25, -0.2) is 4.79 Å². The number of ether oxygens (including phenoxy) is 1. The van der Waals surface area contributed by atoms with E-state index in [1.807, 2.05) is 31.2 Å². The number of carbonyl (C=O) groups is 2. The second kappa shape index (κ2) is 5.49. The van der Waals surface area contributed by atoms with Gasteiger partial charge in [0.25, 0.3) is 0 Å². The van der Waals surface area contributed by atoms with E-state index < -0.39 is 17.5 Å². The molecule has 0 spiro atoms. The van der Waals surface area contributed by atoms with Crippen molar-refractivity contribution < 1.29 is 19.4 Å². The van der Waals surface area contributed by atoms with Crippen LogP contribution < -0.4 is 0 Å². The van der Waals surface area contributed by atoms with Gasteiger partial charge < -0.3 is 9.84 Å². The van der Waals surface area contributed by atoms with E-state index in [1.165, 1.54) is 0 Å². The number of rotatable bonds is 5. The molecule has 1 aromatic carbocycles. The highest BCUT2D eigenvalue weighted by molar-refractivity contribution is 5.91. The highest BCUT2D eigenvalue weighted by Crippen LogP contribution is 2.45. The Morgan fingerprint density at radius 1 is 1.30 bits per heavy atom. The van der Waals surface area contributed by atoms with Crippen LogP contribution in [0.1, 0.15) is 36.8 Å². The monoisotopic (exact) mass is 274 g/mol. The summed E-state index contributed by atoms with van der Waals surface area (Å²) in [7, 11) is 0. The van der Waals surface area contributed by atoms with E-state index in [-0.39, 0.29) is 12.0 Å². The van der Waals surface area contributed by atoms with E-state index >= 15 is 0 Å². The third kappa shape index (κ3) is 2.90. The van der Waals surface area contributed by atoms with Crippen LogP contribution in [0.25, 0.3) is 0 Å². The summed E-state index contributed by atoms with van der Waals surface area (Å²) in [5, 5.41) is 8.74. The average Bonchev–Trinajstić information content (AvgIpc) is 2.35. The number of aliphatic carboxylic acids is 1. The summed E-state index contributed by atoms with van der Waals surface area (Å²) in [5.41, 5.74) is 1.40. The van der Waals surface area contributed by atoms with E-state index in [0.29, 0.717) is 0 Å². The third-order valence-electron chi connectivity index (χ3n) is 3.71. The van der Waals surface area contributed by atoms with Crippen molar-refractivity contribution in [3.05, 3.63) is 47.5 Å². The molecule has 1 aromatic rings. The zero-order valence-electron chi connectivity index (χ0n) is 11.5. The lowest BCUT2D eigenvalue weighted by atomic mass is 9.74. The Morgan fingerprint density at radius 3 is 2.35 bits per heavy atom. The van der Waals surface area contributed by atoms with Crippen LogP contribution >= 0.6 is 0 Å². The van der Waals surface area contributed by atoms with Gasteiger partial charge in [0.2, 0.25) is 0 Å². The molecule has 0 saturated heterocycles. The van der Waals surface area contributed by atoms with Gasteiger partial charge in [0.15, 0.2) is 0 Å². The number of aryl methyl sites for hydroxylation is 1. The second-order valence-corrected chi connectivity index (χ2v) is 5.27. The van der Waals surface area contributed by atoms with Gasteiger partial charge in [0.05, 0.1) is 6.42 Å². The standard InChI is InChI=1S/C16H18O4/c1-11-4-6-13(7-5-11)16(8-3-9-16)20-14(17)10-12(2)15(18)19/h4-7H,2-3,8-10H2,1H3,(H,18,19). The molecule has 0 aromatic heterocycles. The number of esters is 1. The minimum Gasteiger partial charge on any atom is -0.478 e. The predicted octanol–water partition coefficient (Wildman–Crippen LogP) is 2.95. The molecule has 0 bridgehead atoms. The highest BCUT2D eigenvalue weighted by atomic mass is 16.6. The van der Waals surface area contributed by atoms with Crippen molar-refractivity contribution in [2.45, 2.75) is 38.2 Å². The van der Waals surface area contributed by atoms with Gasteiger partial charge >= 0.3 is 11.9 Å². The van der Waals surface area contributed by atoms with E-state index in [9.17, 15) is 9.59 Å². The highest BCUT2D eigenvalue weighted by Gasteiger charge is 2.42. The fourth-order valence-electron chi connectivity index (χ4n) is 2.31. The van der Waals surface area contributed by atoms with Gasteiger partial charge in [-0.05, 0) is 31.7 Å². The lowest BCUT2D eigenvalue weighted by Crippen LogP contribution is -2.39. The molecule has 1 aliphatic carbocycles. The summed E-state index contributed by atoms with van der Waals surface area (Å²) in [4.78, 5) is 22.5. The van der Waals surface area contributed by atoms with Crippen LogP contribution in [0, 0.1) is 6.92 Å². The first-order chi connectivity index (χ1) is 9.43. The van der Waals surface area contributed by atoms with Gasteiger partial charge in [-0.15, -0.1) is 0 Å². The summed E-state index contributed by atoms with van der Waals surface area (Å²) in [6.07, 6.45) is 2.28. The number of carbonyl (C=O) groups excluding carboxylic acids is 1. The van der Waals surface area contributed by atoms with Crippen molar-refractivity contribution in [2.24, 2.45) is 0 Å². The molecule has 1 aliphatic rings. The molecule has 1 saturated carbocycles. The molecule has 0 amide bonds. The van der Waals surface area contributed by atoms with Gasteiger partial charge in [-0.1, -0.05) is 36.4 Å². The maximum atomic E-state index is 11.9. The SMILES string of the molecule is C=C(CC(=O)OC1(c2ccc(C)cc2)CCC1)C(=O)O. The lowest BCUT2D eigenvalue weighted by molar-refractivity contribution is -0.171. The Balaban J connectivity index is 2.08. The summed E-state index contributed by atoms with van der Waals surface area (Å²) >= 11 is 0. The maximum Gasteiger partial charge on any atom is 0.331 e. The Kier molecular flexibility index (Phi) is 3.93. The first-order valence-corrected chi connectivity index (χ1v) is 6.63. The molecule has 4 heteroatoms. The second-order valence-electron chi connectivity index (χ2n) is 5.27. The van der Waals surface area contributed by atoms with Crippen molar-refractivity contribution in [2.75, 3.05) is 0 Å². The molecule has 0 unspecified atom stereocenters. The molecular weight excluding hydrogens is 256 g/mol. The number of hydrogen-bond acceptors (Lipinski definition) is 3. The van der Waals surface area contributed by atoms with Crippen LogP contribution in [-0.4, -0.2) is 17.0 Å². The number of benzene rings is 1. The van der Waals surface area contributed by atoms with Gasteiger partial charge in [0.1, 0.15) is 5.60 Å². The number of carboxylic acids is 1. The number of carboxylic acid groups (broad SMARTS) is 1. The van der Waals surface area contributed by atoms with Crippen LogP contribution in [0.3, 0.4) is 0 Å². The largest absolute Gasteiger partial charge is 0.478 e. The summed E-state index contributed by atoms with van der Waals surface area (Å²) < 4.78 is 5.56. The molecular formula is C16H18O4. The molecule has 0 atom stereocenters. The third-order valence-corrected chi connectivity index (χ3v) is 3.71. The van der Waals surface area contributed by atoms with Gasteiger partial charge in [-0.3, -0.25) is 4.79 Å². The predicted molar refractivity (Wildman–Crippen MR) is 74.2 cm³/mol. The molecule has 1 N–H and O–H groups in total. The normalized spacial score (nSPS) is 16.1. The molecule has 1 fully saturated rings. The van der Waals surface area contributed by atoms with E-state index in [1.54, 1.807) is 0 Å². The summed E-state index contributed by atoms with van der Waals surface area (Å²) in [5.74, 6) is -1.70. The van der Waals surface area contributed by atoms with E-state index in [4.69, 9.17) is 9.84 Å². The maximum absolute atomic E-state index is 11.9. The van der Waals surface area contributed by atoms with Gasteiger partial charge in [-0.2, -0.15) is 0 Å². The Hall–Kier alpha value is -2.10. The first kappa shape index (κ1) is 14.3. The van der Waals surface area contributed by atoms with Crippen LogP contribution in [0.15, 0.2) is 36.4 Å². The number of hydrogen-bond donors (Lipinski definition) is 1. The quantitative estimate of drug-likeness (QED) is 0.662. The fraction of sp³-hybridized carbons (Fsp3) is 0.375. The molecule has 0 radical (unpaired) electrons. The van der Waals surface area contributed by atoms with Crippen LogP contribution in [0.4, 0.5) is 0 Å². The minimum absolute atomic E-state index is 0.145. The molecule has 4 nitrogen and oxygen atoms in total. The topological polar surface area (TPSA) is 63.6 Å². The van der Waals surface area contributed by atoms with Crippen molar-refractivity contribution in [1.82, 2.24) is 0 Å². The Bertz CT molecular complexity index is 538. The van der Waals surface area contributed by atoms with Gasteiger partial charge in [0, 0.05) is 5.57 Å². The molecule has 0 heterocycles. The van der Waals surface area contributed by atoms with E-state index in [2.05, 4.69) is 6.58 Å². The van der Waals surface area contributed by atoms with Crippen molar-refractivity contribution >= 4 is 11.9 Å². The first-order valence-electron chi connectivity index (χ1n) is 6.63.